The Kier molecular flexibility index (Phi) is 3.50. The molecule has 0 amide bonds. The van der Waals surface area contributed by atoms with Crippen LogP contribution in [0.3, 0.4) is 0 Å². The van der Waals surface area contributed by atoms with Gasteiger partial charge in [0.05, 0.1) is 23.8 Å². The second-order valence-corrected chi connectivity index (χ2v) is 5.80. The Morgan fingerprint density at radius 3 is 2.83 bits per heavy atom. The van der Waals surface area contributed by atoms with Crippen LogP contribution in [0.4, 0.5) is 0 Å². The number of esters is 1. The van der Waals surface area contributed by atoms with Crippen molar-refractivity contribution in [3.8, 4) is 5.75 Å². The highest BCUT2D eigenvalue weighted by atomic mass is 16.5. The van der Waals surface area contributed by atoms with Crippen LogP contribution in [-0.4, -0.2) is 15.5 Å². The maximum atomic E-state index is 12.3. The fourth-order valence-corrected chi connectivity index (χ4v) is 2.95. The quantitative estimate of drug-likeness (QED) is 0.426. The molecule has 0 aliphatic heterocycles. The number of imidazole rings is 1. The summed E-state index contributed by atoms with van der Waals surface area (Å²) in [5, 5.41) is 2.20. The Balaban J connectivity index is 1.57. The summed E-state index contributed by atoms with van der Waals surface area (Å²) in [7, 11) is 1.93. The molecule has 1 heterocycles. The molecule has 0 aliphatic rings. The van der Waals surface area contributed by atoms with Gasteiger partial charge in [0.1, 0.15) is 5.75 Å². The molecule has 0 aliphatic carbocycles. The Labute approximate surface area is 139 Å². The summed E-state index contributed by atoms with van der Waals surface area (Å²) >= 11 is 0. The van der Waals surface area contributed by atoms with Crippen LogP contribution in [0.15, 0.2) is 67.0 Å². The van der Waals surface area contributed by atoms with Gasteiger partial charge < -0.3 is 9.30 Å². The van der Waals surface area contributed by atoms with Crippen molar-refractivity contribution in [2.45, 2.75) is 6.42 Å². The normalized spacial score (nSPS) is 11.0. The summed E-state index contributed by atoms with van der Waals surface area (Å²) < 4.78 is 7.42. The molecule has 4 rings (SSSR count). The van der Waals surface area contributed by atoms with E-state index in [4.69, 9.17) is 4.74 Å². The largest absolute Gasteiger partial charge is 0.426 e. The standard InChI is InChI=1S/C20H16N2O2/c1-22-13-21-18-12-16(9-10-19(18)22)24-20(23)11-15-7-4-6-14-5-2-3-8-17(14)15/h2-10,12-13H,11H2,1H3. The zero-order chi connectivity index (χ0) is 16.5. The predicted molar refractivity (Wildman–Crippen MR) is 94.0 cm³/mol. The summed E-state index contributed by atoms with van der Waals surface area (Å²) in [4.78, 5) is 16.6. The van der Waals surface area contributed by atoms with E-state index in [9.17, 15) is 4.79 Å². The van der Waals surface area contributed by atoms with Crippen molar-refractivity contribution in [3.05, 3.63) is 72.6 Å². The zero-order valence-electron chi connectivity index (χ0n) is 13.3. The molecule has 4 nitrogen and oxygen atoms in total. The number of benzene rings is 3. The third-order valence-electron chi connectivity index (χ3n) is 4.14. The Hall–Kier alpha value is -3.14. The molecule has 0 unspecified atom stereocenters. The van der Waals surface area contributed by atoms with Crippen LogP contribution in [-0.2, 0) is 18.3 Å². The van der Waals surface area contributed by atoms with Gasteiger partial charge >= 0.3 is 5.97 Å². The van der Waals surface area contributed by atoms with E-state index < -0.39 is 0 Å². The molecule has 0 saturated heterocycles. The fraction of sp³-hybridized carbons (Fsp3) is 0.100. The van der Waals surface area contributed by atoms with Gasteiger partial charge in [-0.1, -0.05) is 42.5 Å². The van der Waals surface area contributed by atoms with Crippen LogP contribution in [0, 0.1) is 0 Å². The molecule has 0 saturated carbocycles. The monoisotopic (exact) mass is 316 g/mol. The molecule has 4 aromatic rings. The first-order chi connectivity index (χ1) is 11.7. The van der Waals surface area contributed by atoms with Crippen molar-refractivity contribution >= 4 is 27.8 Å². The van der Waals surface area contributed by atoms with Gasteiger partial charge in [-0.15, -0.1) is 0 Å². The van der Waals surface area contributed by atoms with E-state index in [1.165, 1.54) is 0 Å². The molecular formula is C20H16N2O2. The van der Waals surface area contributed by atoms with Crippen LogP contribution in [0.5, 0.6) is 5.75 Å². The summed E-state index contributed by atoms with van der Waals surface area (Å²) in [6.45, 7) is 0. The summed E-state index contributed by atoms with van der Waals surface area (Å²) in [5.41, 5.74) is 2.79. The van der Waals surface area contributed by atoms with Gasteiger partial charge in [-0.25, -0.2) is 4.98 Å². The molecule has 0 N–H and O–H groups in total. The van der Waals surface area contributed by atoms with Crippen LogP contribution in [0.25, 0.3) is 21.8 Å². The lowest BCUT2D eigenvalue weighted by Crippen LogP contribution is -2.11. The highest BCUT2D eigenvalue weighted by Crippen LogP contribution is 2.22. The Morgan fingerprint density at radius 2 is 1.92 bits per heavy atom. The lowest BCUT2D eigenvalue weighted by molar-refractivity contribution is -0.133. The van der Waals surface area contributed by atoms with Crippen molar-refractivity contribution in [3.63, 3.8) is 0 Å². The maximum absolute atomic E-state index is 12.3. The second-order valence-electron chi connectivity index (χ2n) is 5.80. The SMILES string of the molecule is Cn1cnc2cc(OC(=O)Cc3cccc4ccccc34)ccc21. The summed E-state index contributed by atoms with van der Waals surface area (Å²) in [5.74, 6) is 0.244. The molecule has 0 atom stereocenters. The lowest BCUT2D eigenvalue weighted by atomic mass is 10.0. The molecule has 0 spiro atoms. The molecule has 1 aromatic heterocycles. The molecule has 3 aromatic carbocycles. The minimum atomic E-state index is -0.276. The number of ether oxygens (including phenoxy) is 1. The van der Waals surface area contributed by atoms with Gasteiger partial charge in [0.15, 0.2) is 0 Å². The van der Waals surface area contributed by atoms with E-state index >= 15 is 0 Å². The minimum absolute atomic E-state index is 0.238. The predicted octanol–water partition coefficient (Wildman–Crippen LogP) is 3.87. The van der Waals surface area contributed by atoms with Crippen molar-refractivity contribution in [1.82, 2.24) is 9.55 Å². The van der Waals surface area contributed by atoms with Gasteiger partial charge in [-0.05, 0) is 28.5 Å². The minimum Gasteiger partial charge on any atom is -0.426 e. The first kappa shape index (κ1) is 14.5. The third-order valence-corrected chi connectivity index (χ3v) is 4.14. The van der Waals surface area contributed by atoms with Gasteiger partial charge in [-0.3, -0.25) is 4.79 Å². The van der Waals surface area contributed by atoms with E-state index in [1.54, 1.807) is 18.5 Å². The highest BCUT2D eigenvalue weighted by molar-refractivity contribution is 5.89. The Morgan fingerprint density at radius 1 is 1.08 bits per heavy atom. The number of hydrogen-bond donors (Lipinski definition) is 0. The maximum Gasteiger partial charge on any atom is 0.315 e. The first-order valence-electron chi connectivity index (χ1n) is 7.79. The number of aromatic nitrogens is 2. The van der Waals surface area contributed by atoms with E-state index in [0.29, 0.717) is 5.75 Å². The van der Waals surface area contributed by atoms with Gasteiger partial charge in [0, 0.05) is 13.1 Å². The number of nitrogens with zero attached hydrogens (tertiary/aromatic N) is 2. The molecule has 24 heavy (non-hydrogen) atoms. The molecule has 0 fully saturated rings. The molecule has 4 heteroatoms. The van der Waals surface area contributed by atoms with E-state index in [-0.39, 0.29) is 12.4 Å². The smallest absolute Gasteiger partial charge is 0.315 e. The van der Waals surface area contributed by atoms with Crippen molar-refractivity contribution in [2.24, 2.45) is 7.05 Å². The van der Waals surface area contributed by atoms with Crippen LogP contribution >= 0.6 is 0 Å². The molecule has 118 valence electrons. The molecule has 0 radical (unpaired) electrons. The van der Waals surface area contributed by atoms with Gasteiger partial charge in [0.25, 0.3) is 0 Å². The number of fused-ring (bicyclic) bond motifs is 2. The summed E-state index contributed by atoms with van der Waals surface area (Å²) in [6.07, 6.45) is 1.98. The van der Waals surface area contributed by atoms with Crippen LogP contribution in [0.1, 0.15) is 5.56 Å². The zero-order valence-corrected chi connectivity index (χ0v) is 13.3. The van der Waals surface area contributed by atoms with Gasteiger partial charge in [-0.2, -0.15) is 0 Å². The number of rotatable bonds is 3. The second kappa shape index (κ2) is 5.81. The number of hydrogen-bond acceptors (Lipinski definition) is 3. The number of carbonyl (C=O) groups excluding carboxylic acids is 1. The van der Waals surface area contributed by atoms with Crippen molar-refractivity contribution < 1.29 is 9.53 Å². The molecular weight excluding hydrogens is 300 g/mol. The summed E-state index contributed by atoms with van der Waals surface area (Å²) in [6, 6.07) is 19.5. The topological polar surface area (TPSA) is 44.1 Å². The average molecular weight is 316 g/mol. The molecule has 0 bridgehead atoms. The fourth-order valence-electron chi connectivity index (χ4n) is 2.95. The van der Waals surface area contributed by atoms with Gasteiger partial charge in [0.2, 0.25) is 0 Å². The number of aryl methyl sites for hydroxylation is 1. The van der Waals surface area contributed by atoms with Crippen LogP contribution < -0.4 is 4.74 Å². The van der Waals surface area contributed by atoms with E-state index in [2.05, 4.69) is 4.98 Å². The van der Waals surface area contributed by atoms with E-state index in [0.717, 1.165) is 27.4 Å². The van der Waals surface area contributed by atoms with E-state index in [1.807, 2.05) is 60.1 Å². The highest BCUT2D eigenvalue weighted by Gasteiger charge is 2.10. The lowest BCUT2D eigenvalue weighted by Gasteiger charge is -2.07. The van der Waals surface area contributed by atoms with Crippen molar-refractivity contribution in [2.75, 3.05) is 0 Å². The first-order valence-corrected chi connectivity index (χ1v) is 7.79. The Bertz CT molecular complexity index is 1040. The van der Waals surface area contributed by atoms with Crippen molar-refractivity contribution in [1.29, 1.82) is 0 Å². The van der Waals surface area contributed by atoms with Crippen LogP contribution in [0.2, 0.25) is 0 Å². The number of carbonyl (C=O) groups is 1. The average Bonchev–Trinajstić information content (AvgIpc) is 2.96. The third kappa shape index (κ3) is 2.63.